The summed E-state index contributed by atoms with van der Waals surface area (Å²) in [5.41, 5.74) is 0. The minimum Gasteiger partial charge on any atom is -0.466 e. The number of carbonyl (C=O) groups excluding carboxylic acids is 5. The van der Waals surface area contributed by atoms with E-state index < -0.39 is 0 Å². The van der Waals surface area contributed by atoms with Crippen LogP contribution in [0.3, 0.4) is 0 Å². The Morgan fingerprint density at radius 2 is 0.333 bits per heavy atom. The van der Waals surface area contributed by atoms with Gasteiger partial charge in [0.25, 0.3) is 0 Å². The molecule has 0 rings (SSSR count). The van der Waals surface area contributed by atoms with Crippen LogP contribution in [-0.4, -0.2) is 62.9 Å². The summed E-state index contributed by atoms with van der Waals surface area (Å²) in [7, 11) is 0. The summed E-state index contributed by atoms with van der Waals surface area (Å²) < 4.78 is 22.0. The van der Waals surface area contributed by atoms with Crippen LogP contribution in [0.25, 0.3) is 0 Å². The van der Waals surface area contributed by atoms with Crippen molar-refractivity contribution in [3.63, 3.8) is 0 Å². The molecule has 0 radical (unpaired) electrons. The van der Waals surface area contributed by atoms with E-state index in [1.807, 2.05) is 0 Å². The minimum absolute atomic E-state index is 0.211. The first-order valence-electron chi connectivity index (χ1n) is 21.2. The van der Waals surface area contributed by atoms with Gasteiger partial charge in [0.2, 0.25) is 0 Å². The van der Waals surface area contributed by atoms with Gasteiger partial charge in [-0.2, -0.15) is 0 Å². The predicted molar refractivity (Wildman–Crippen MR) is 231 cm³/mol. The lowest BCUT2D eigenvalue weighted by Crippen LogP contribution is -1.95. The third-order valence-electron chi connectivity index (χ3n) is 5.57. The molecular weight excluding hydrogens is 688 g/mol. The van der Waals surface area contributed by atoms with E-state index in [0.717, 1.165) is 0 Å². The maximum atomic E-state index is 9.82. The van der Waals surface area contributed by atoms with Crippen LogP contribution in [0.15, 0.2) is 0 Å². The lowest BCUT2D eigenvalue weighted by Gasteiger charge is -1.89. The highest BCUT2D eigenvalue weighted by atomic mass is 16.5. The zero-order valence-electron chi connectivity index (χ0n) is 39.4. The second-order valence-electron chi connectivity index (χ2n) is 11.5. The van der Waals surface area contributed by atoms with Gasteiger partial charge in [-0.3, -0.25) is 24.0 Å². The van der Waals surface area contributed by atoms with Crippen molar-refractivity contribution in [2.45, 2.75) is 227 Å². The molecule has 0 aliphatic heterocycles. The Bertz CT molecular complexity index is 527. The smallest absolute Gasteiger partial charge is 0.302 e. The Kier molecular flexibility index (Phi) is 112. The summed E-state index contributed by atoms with van der Waals surface area (Å²) in [4.78, 5) is 49.1. The minimum atomic E-state index is -0.211. The Morgan fingerprint density at radius 1 is 0.241 bits per heavy atom. The molecule has 0 atom stereocenters. The van der Waals surface area contributed by atoms with E-state index in [4.69, 9.17) is 0 Å². The first-order valence-corrected chi connectivity index (χ1v) is 21.2. The van der Waals surface area contributed by atoms with Gasteiger partial charge < -0.3 is 23.7 Å². The topological polar surface area (TPSA) is 132 Å². The number of hydrogen-bond donors (Lipinski definition) is 0. The molecule has 0 N–H and O–H groups in total. The van der Waals surface area contributed by atoms with E-state index in [0.29, 0.717) is 33.0 Å². The van der Waals surface area contributed by atoms with Crippen LogP contribution in [0.1, 0.15) is 227 Å². The van der Waals surface area contributed by atoms with Gasteiger partial charge in [-0.15, -0.1) is 0 Å². The van der Waals surface area contributed by atoms with Crippen LogP contribution in [-0.2, 0) is 47.7 Å². The van der Waals surface area contributed by atoms with E-state index in [1.165, 1.54) is 137 Å². The van der Waals surface area contributed by atoms with Crippen LogP contribution in [0.2, 0.25) is 0 Å². The summed E-state index contributed by atoms with van der Waals surface area (Å²) in [5.74, 6) is -1.05. The molecule has 0 spiro atoms. The second-order valence-corrected chi connectivity index (χ2v) is 11.5. The van der Waals surface area contributed by atoms with E-state index >= 15 is 0 Å². The highest BCUT2D eigenvalue weighted by molar-refractivity contribution is 5.66. The first-order chi connectivity index (χ1) is 25.5. The van der Waals surface area contributed by atoms with Gasteiger partial charge in [-0.1, -0.05) is 158 Å². The Hall–Kier alpha value is -2.65. The summed E-state index contributed by atoms with van der Waals surface area (Å²) in [6.45, 7) is 36.1. The molecule has 0 aromatic rings. The van der Waals surface area contributed by atoms with Gasteiger partial charge in [0.05, 0.1) is 33.0 Å². The number of hydrogen-bond acceptors (Lipinski definition) is 10. The fraction of sp³-hybridized carbons (Fsp3) is 0.886. The molecule has 0 aromatic heterocycles. The Balaban J connectivity index is -0.0000000603. The number of carbonyl (C=O) groups is 5. The van der Waals surface area contributed by atoms with Gasteiger partial charge in [-0.05, 0) is 34.6 Å². The van der Waals surface area contributed by atoms with Crippen molar-refractivity contribution in [2.75, 3.05) is 33.0 Å². The maximum Gasteiger partial charge on any atom is 0.302 e. The Labute approximate surface area is 337 Å². The predicted octanol–water partition coefficient (Wildman–Crippen LogP) is 13.2. The van der Waals surface area contributed by atoms with Crippen molar-refractivity contribution in [1.29, 1.82) is 0 Å². The number of esters is 5. The molecule has 0 fully saturated rings. The average molecular weight is 785 g/mol. The molecule has 0 amide bonds. The van der Waals surface area contributed by atoms with E-state index in [9.17, 15) is 24.0 Å². The lowest BCUT2D eigenvalue weighted by molar-refractivity contribution is -0.141. The lowest BCUT2D eigenvalue weighted by atomic mass is 10.2. The zero-order valence-corrected chi connectivity index (χ0v) is 39.4. The van der Waals surface area contributed by atoms with Gasteiger partial charge in [0.1, 0.15) is 0 Å². The summed E-state index contributed by atoms with van der Waals surface area (Å²) in [6.07, 6.45) is 22.1. The highest BCUT2D eigenvalue weighted by Gasteiger charge is 1.84. The molecule has 54 heavy (non-hydrogen) atoms. The molecule has 0 unspecified atom stereocenters. The van der Waals surface area contributed by atoms with Crippen molar-refractivity contribution >= 4 is 29.8 Å². The zero-order chi connectivity index (χ0) is 44.3. The normalized spacial score (nSPS) is 8.26. The number of unbranched alkanes of at least 4 members (excludes halogenated alkanes) is 12. The van der Waals surface area contributed by atoms with Crippen LogP contribution < -0.4 is 0 Å². The third kappa shape index (κ3) is 195. The summed E-state index contributed by atoms with van der Waals surface area (Å²) in [5, 5.41) is 0. The molecule has 10 nitrogen and oxygen atoms in total. The SMILES string of the molecule is CCCCCC.CCCCCC.CCCCCC.CCCCCC.CCOC(C)=O.CCOC(C)=O.CCOC(C)=O.CCOC(C)=O.CCOC(C)=O. The van der Waals surface area contributed by atoms with Crippen LogP contribution in [0.4, 0.5) is 0 Å². The van der Waals surface area contributed by atoms with Crippen LogP contribution in [0.5, 0.6) is 0 Å². The average Bonchev–Trinajstić information content (AvgIpc) is 3.10. The fourth-order valence-corrected chi connectivity index (χ4v) is 3.02. The van der Waals surface area contributed by atoms with Gasteiger partial charge in [-0.25, -0.2) is 0 Å². The second kappa shape index (κ2) is 83.4. The largest absolute Gasteiger partial charge is 0.466 e. The molecule has 0 heterocycles. The summed E-state index contributed by atoms with van der Waals surface area (Å²) >= 11 is 0. The molecule has 0 saturated heterocycles. The van der Waals surface area contributed by atoms with Crippen molar-refractivity contribution in [3.05, 3.63) is 0 Å². The molecule has 0 saturated carbocycles. The van der Waals surface area contributed by atoms with Gasteiger partial charge in [0.15, 0.2) is 0 Å². The molecule has 0 aliphatic carbocycles. The summed E-state index contributed by atoms with van der Waals surface area (Å²) in [6, 6.07) is 0. The number of rotatable bonds is 17. The van der Waals surface area contributed by atoms with Crippen molar-refractivity contribution in [2.24, 2.45) is 0 Å². The van der Waals surface area contributed by atoms with E-state index in [1.54, 1.807) is 34.6 Å². The fourth-order valence-electron chi connectivity index (χ4n) is 3.02. The molecular formula is C44H96O10. The molecule has 0 aliphatic rings. The third-order valence-corrected chi connectivity index (χ3v) is 5.57. The number of ether oxygens (including phenoxy) is 5. The van der Waals surface area contributed by atoms with Crippen LogP contribution in [0, 0.1) is 0 Å². The molecule has 0 aromatic carbocycles. The van der Waals surface area contributed by atoms with Gasteiger partial charge in [0, 0.05) is 34.6 Å². The quantitative estimate of drug-likeness (QED) is 0.0797. The first kappa shape index (κ1) is 72.6. The van der Waals surface area contributed by atoms with Crippen molar-refractivity contribution < 1.29 is 47.7 Å². The van der Waals surface area contributed by atoms with E-state index in [2.05, 4.69) is 79.1 Å². The van der Waals surface area contributed by atoms with Crippen LogP contribution >= 0.6 is 0 Å². The van der Waals surface area contributed by atoms with Gasteiger partial charge >= 0.3 is 29.8 Å². The van der Waals surface area contributed by atoms with Crippen molar-refractivity contribution in [3.8, 4) is 0 Å². The monoisotopic (exact) mass is 785 g/mol. The standard InChI is InChI=1S/4C6H14.5C4H8O2/c4*1-3-5-6-4-2;5*1-3-6-4(2)5/h4*3-6H2,1-2H3;5*3H2,1-2H3. The van der Waals surface area contributed by atoms with Crippen molar-refractivity contribution in [1.82, 2.24) is 0 Å². The Morgan fingerprint density at radius 3 is 0.352 bits per heavy atom. The highest BCUT2D eigenvalue weighted by Crippen LogP contribution is 1.97. The molecule has 332 valence electrons. The molecule has 10 heteroatoms. The molecule has 0 bridgehead atoms. The van der Waals surface area contributed by atoms with E-state index in [-0.39, 0.29) is 29.8 Å². The maximum absolute atomic E-state index is 9.82.